The largest absolute Gasteiger partial charge is 0.497 e. The first kappa shape index (κ1) is 16.8. The number of benzene rings is 1. The molecule has 0 bridgehead atoms. The Kier molecular flexibility index (Phi) is 6.48. The van der Waals surface area contributed by atoms with Crippen molar-refractivity contribution in [3.05, 3.63) is 29.8 Å². The zero-order chi connectivity index (χ0) is 15.8. The van der Waals surface area contributed by atoms with E-state index in [0.717, 1.165) is 5.56 Å². The summed E-state index contributed by atoms with van der Waals surface area (Å²) in [6, 6.07) is 6.92. The molecule has 0 radical (unpaired) electrons. The van der Waals surface area contributed by atoms with Gasteiger partial charge in [0.25, 0.3) is 5.91 Å². The van der Waals surface area contributed by atoms with E-state index in [9.17, 15) is 9.59 Å². The monoisotopic (exact) mass is 296 g/mol. The van der Waals surface area contributed by atoms with Crippen LogP contribution >= 0.6 is 0 Å². The summed E-state index contributed by atoms with van der Waals surface area (Å²) in [5.74, 6) is 0.159. The topological polar surface area (TPSA) is 111 Å². The van der Waals surface area contributed by atoms with E-state index in [1.54, 1.807) is 26.2 Å². The number of rotatable bonds is 7. The lowest BCUT2D eigenvalue weighted by Gasteiger charge is -2.20. The van der Waals surface area contributed by atoms with E-state index < -0.39 is 18.1 Å². The fourth-order valence-corrected chi connectivity index (χ4v) is 1.80. The Hall–Kier alpha value is -2.28. The van der Waals surface area contributed by atoms with Crippen molar-refractivity contribution >= 4 is 12.0 Å². The number of methoxy groups -OCH3 is 1. The minimum absolute atomic E-state index is 0.0143. The molecule has 2 amide bonds. The van der Waals surface area contributed by atoms with Crippen molar-refractivity contribution in [1.29, 1.82) is 0 Å². The standard InChI is InChI=1S/C14H20N2O5/c1-9(10-4-3-5-11(8-10)20-2)16-13(18)12(6-7-17)21-14(15)19/h3-5,8-9,12,17H,6-7H2,1-2H3,(H2,15,19)(H,16,18)/t9-,12?/m1/s1. The Morgan fingerprint density at radius 1 is 1.43 bits per heavy atom. The van der Waals surface area contributed by atoms with Crippen molar-refractivity contribution in [2.24, 2.45) is 5.73 Å². The molecule has 7 heteroatoms. The molecule has 0 aliphatic rings. The number of ether oxygens (including phenoxy) is 2. The number of aliphatic hydroxyl groups excluding tert-OH is 1. The van der Waals surface area contributed by atoms with Gasteiger partial charge >= 0.3 is 6.09 Å². The lowest BCUT2D eigenvalue weighted by atomic mass is 10.1. The highest BCUT2D eigenvalue weighted by atomic mass is 16.6. The SMILES string of the molecule is COc1cccc([C@@H](C)NC(=O)C(CCO)OC(N)=O)c1. The average molecular weight is 296 g/mol. The molecule has 0 aliphatic carbocycles. The van der Waals surface area contributed by atoms with Gasteiger partial charge in [0.15, 0.2) is 6.10 Å². The molecule has 1 aromatic carbocycles. The summed E-state index contributed by atoms with van der Waals surface area (Å²) in [7, 11) is 1.56. The third kappa shape index (κ3) is 5.31. The number of carbonyl (C=O) groups excluding carboxylic acids is 2. The molecule has 2 atom stereocenters. The number of hydrogen-bond acceptors (Lipinski definition) is 5. The van der Waals surface area contributed by atoms with Crippen LogP contribution in [0.25, 0.3) is 0 Å². The van der Waals surface area contributed by atoms with Gasteiger partial charge in [-0.15, -0.1) is 0 Å². The van der Waals surface area contributed by atoms with Crippen LogP contribution in [0.15, 0.2) is 24.3 Å². The van der Waals surface area contributed by atoms with Crippen LogP contribution in [0.4, 0.5) is 4.79 Å². The second kappa shape index (κ2) is 8.11. The number of amides is 2. The van der Waals surface area contributed by atoms with Gasteiger partial charge in [-0.25, -0.2) is 4.79 Å². The molecule has 4 N–H and O–H groups in total. The van der Waals surface area contributed by atoms with Crippen LogP contribution in [-0.4, -0.2) is 36.9 Å². The van der Waals surface area contributed by atoms with Crippen LogP contribution in [-0.2, 0) is 9.53 Å². The Morgan fingerprint density at radius 2 is 2.14 bits per heavy atom. The van der Waals surface area contributed by atoms with Gasteiger partial charge < -0.3 is 25.6 Å². The van der Waals surface area contributed by atoms with E-state index in [-0.39, 0.29) is 19.1 Å². The number of nitrogens with two attached hydrogens (primary N) is 1. The third-order valence-electron chi connectivity index (χ3n) is 2.89. The predicted octanol–water partition coefficient (Wildman–Crippen LogP) is 0.719. The molecule has 21 heavy (non-hydrogen) atoms. The fraction of sp³-hybridized carbons (Fsp3) is 0.429. The van der Waals surface area contributed by atoms with Gasteiger partial charge in [0.05, 0.1) is 13.2 Å². The molecule has 0 aliphatic heterocycles. The molecule has 0 spiro atoms. The van der Waals surface area contributed by atoms with E-state index in [0.29, 0.717) is 5.75 Å². The lowest BCUT2D eigenvalue weighted by Crippen LogP contribution is -2.40. The number of carbonyl (C=O) groups is 2. The van der Waals surface area contributed by atoms with Gasteiger partial charge in [-0.1, -0.05) is 12.1 Å². The van der Waals surface area contributed by atoms with Gasteiger partial charge in [0, 0.05) is 13.0 Å². The molecule has 7 nitrogen and oxygen atoms in total. The van der Waals surface area contributed by atoms with Crippen LogP contribution in [0.2, 0.25) is 0 Å². The van der Waals surface area contributed by atoms with Gasteiger partial charge in [-0.05, 0) is 24.6 Å². The number of primary amides is 1. The summed E-state index contributed by atoms with van der Waals surface area (Å²) >= 11 is 0. The summed E-state index contributed by atoms with van der Waals surface area (Å²) in [6.45, 7) is 1.49. The summed E-state index contributed by atoms with van der Waals surface area (Å²) in [6.07, 6.45) is -2.18. The Morgan fingerprint density at radius 3 is 2.71 bits per heavy atom. The predicted molar refractivity (Wildman–Crippen MR) is 75.7 cm³/mol. The summed E-state index contributed by atoms with van der Waals surface area (Å²) in [4.78, 5) is 22.8. The molecule has 1 unspecified atom stereocenters. The first-order valence-corrected chi connectivity index (χ1v) is 6.49. The zero-order valence-electron chi connectivity index (χ0n) is 12.0. The smallest absolute Gasteiger partial charge is 0.405 e. The van der Waals surface area contributed by atoms with Gasteiger partial charge in [0.1, 0.15) is 5.75 Å². The molecule has 1 aromatic rings. The van der Waals surface area contributed by atoms with Crippen LogP contribution in [0.3, 0.4) is 0 Å². The highest BCUT2D eigenvalue weighted by molar-refractivity contribution is 5.83. The van der Waals surface area contributed by atoms with E-state index in [1.165, 1.54) is 0 Å². The lowest BCUT2D eigenvalue weighted by molar-refractivity contribution is -0.130. The van der Waals surface area contributed by atoms with Gasteiger partial charge in [0.2, 0.25) is 0 Å². The maximum atomic E-state index is 12.0. The molecule has 0 heterocycles. The van der Waals surface area contributed by atoms with E-state index in [4.69, 9.17) is 15.6 Å². The highest BCUT2D eigenvalue weighted by Gasteiger charge is 2.23. The molecule has 0 aromatic heterocycles. The second-order valence-electron chi connectivity index (χ2n) is 4.44. The second-order valence-corrected chi connectivity index (χ2v) is 4.44. The van der Waals surface area contributed by atoms with Crippen molar-refractivity contribution < 1.29 is 24.2 Å². The molecule has 116 valence electrons. The molecule has 1 rings (SSSR count). The average Bonchev–Trinajstić information content (AvgIpc) is 2.46. The Labute approximate surface area is 123 Å². The fourth-order valence-electron chi connectivity index (χ4n) is 1.80. The van der Waals surface area contributed by atoms with Crippen molar-refractivity contribution in [3.8, 4) is 5.75 Å². The first-order valence-electron chi connectivity index (χ1n) is 6.49. The molecule has 0 saturated heterocycles. The summed E-state index contributed by atoms with van der Waals surface area (Å²) < 4.78 is 9.79. The maximum absolute atomic E-state index is 12.0. The van der Waals surface area contributed by atoms with Crippen LogP contribution < -0.4 is 15.8 Å². The maximum Gasteiger partial charge on any atom is 0.405 e. The molecular weight excluding hydrogens is 276 g/mol. The van der Waals surface area contributed by atoms with E-state index in [1.807, 2.05) is 12.1 Å². The zero-order valence-corrected chi connectivity index (χ0v) is 12.0. The molecular formula is C14H20N2O5. The van der Waals surface area contributed by atoms with E-state index >= 15 is 0 Å². The van der Waals surface area contributed by atoms with Crippen molar-refractivity contribution in [2.45, 2.75) is 25.5 Å². The minimum atomic E-state index is -1.11. The number of nitrogens with one attached hydrogen (secondary N) is 1. The van der Waals surface area contributed by atoms with Crippen molar-refractivity contribution in [2.75, 3.05) is 13.7 Å². The first-order chi connectivity index (χ1) is 9.97. The van der Waals surface area contributed by atoms with Crippen LogP contribution in [0, 0.1) is 0 Å². The molecule has 0 saturated carbocycles. The van der Waals surface area contributed by atoms with Crippen LogP contribution in [0.5, 0.6) is 5.75 Å². The number of aliphatic hydroxyl groups is 1. The Bertz CT molecular complexity index is 492. The van der Waals surface area contributed by atoms with E-state index in [2.05, 4.69) is 10.1 Å². The third-order valence-corrected chi connectivity index (χ3v) is 2.89. The summed E-state index contributed by atoms with van der Waals surface area (Å²) in [5, 5.41) is 11.6. The van der Waals surface area contributed by atoms with Crippen molar-refractivity contribution in [3.63, 3.8) is 0 Å². The van der Waals surface area contributed by atoms with Crippen molar-refractivity contribution in [1.82, 2.24) is 5.32 Å². The normalized spacial score (nSPS) is 13.1. The Balaban J connectivity index is 2.72. The quantitative estimate of drug-likeness (QED) is 0.686. The molecule has 0 fully saturated rings. The van der Waals surface area contributed by atoms with Crippen LogP contribution in [0.1, 0.15) is 24.9 Å². The minimum Gasteiger partial charge on any atom is -0.497 e. The van der Waals surface area contributed by atoms with Gasteiger partial charge in [-0.2, -0.15) is 0 Å². The summed E-state index contributed by atoms with van der Waals surface area (Å²) in [5.41, 5.74) is 5.74. The van der Waals surface area contributed by atoms with Gasteiger partial charge in [-0.3, -0.25) is 4.79 Å². The number of hydrogen-bond donors (Lipinski definition) is 3. The highest BCUT2D eigenvalue weighted by Crippen LogP contribution is 2.19.